The first kappa shape index (κ1) is 41.9. The number of likely N-dealkylation sites (N-methyl/N-ethyl adjacent to an activating group) is 1. The van der Waals surface area contributed by atoms with Gasteiger partial charge in [-0.2, -0.15) is 0 Å². The fourth-order valence-electron chi connectivity index (χ4n) is 8.83. The molecular formula is C43H55N3O11. The van der Waals surface area contributed by atoms with E-state index in [0.717, 1.165) is 49.7 Å². The van der Waals surface area contributed by atoms with Crippen LogP contribution in [0.1, 0.15) is 75.7 Å². The van der Waals surface area contributed by atoms with Crippen molar-refractivity contribution in [3.05, 3.63) is 95.1 Å². The van der Waals surface area contributed by atoms with E-state index in [0.29, 0.717) is 49.7 Å². The first-order valence-electron chi connectivity index (χ1n) is 20.0. The van der Waals surface area contributed by atoms with Crippen molar-refractivity contribution in [3.63, 3.8) is 0 Å². The second-order valence-corrected chi connectivity index (χ2v) is 15.0. The van der Waals surface area contributed by atoms with Crippen LogP contribution in [0, 0.1) is 27.9 Å². The highest BCUT2D eigenvalue weighted by atomic mass is 16.8. The third-order valence-corrected chi connectivity index (χ3v) is 11.4. The van der Waals surface area contributed by atoms with E-state index < -0.39 is 35.1 Å². The second-order valence-electron chi connectivity index (χ2n) is 15.0. The molecule has 0 aromatic heterocycles. The normalized spacial score (nSPS) is 26.9. The van der Waals surface area contributed by atoms with Crippen LogP contribution in [0.5, 0.6) is 17.2 Å². The molecule has 2 heterocycles. The van der Waals surface area contributed by atoms with Crippen LogP contribution in [-0.2, 0) is 14.3 Å². The highest BCUT2D eigenvalue weighted by Gasteiger charge is 2.65. The van der Waals surface area contributed by atoms with Crippen molar-refractivity contribution in [2.24, 2.45) is 22.9 Å². The zero-order valence-electron chi connectivity index (χ0n) is 32.7. The van der Waals surface area contributed by atoms with Crippen molar-refractivity contribution in [2.75, 3.05) is 40.1 Å². The van der Waals surface area contributed by atoms with Gasteiger partial charge in [0.15, 0.2) is 0 Å². The van der Waals surface area contributed by atoms with E-state index in [9.17, 15) is 25.1 Å². The molecule has 0 spiro atoms. The molecule has 57 heavy (non-hydrogen) atoms. The van der Waals surface area contributed by atoms with Gasteiger partial charge in [-0.15, -0.1) is 6.58 Å². The zero-order valence-corrected chi connectivity index (χ0v) is 32.7. The largest absolute Gasteiger partial charge is 0.490 e. The van der Waals surface area contributed by atoms with E-state index in [1.165, 1.54) is 29.2 Å². The summed E-state index contributed by atoms with van der Waals surface area (Å²) in [6.45, 7) is 8.93. The monoisotopic (exact) mass is 789 g/mol. The number of benzene rings is 2. The molecule has 7 atom stereocenters. The van der Waals surface area contributed by atoms with Gasteiger partial charge in [-0.05, 0) is 86.3 Å². The Morgan fingerprint density at radius 1 is 1.04 bits per heavy atom. The number of unbranched alkanes of at least 4 members (excludes halogenated alkanes) is 2. The number of allylic oxidation sites excluding steroid dienone is 1. The molecule has 14 nitrogen and oxygen atoms in total. The number of nitro groups is 1. The molecule has 14 heteroatoms. The molecular weight excluding hydrogens is 734 g/mol. The van der Waals surface area contributed by atoms with Crippen molar-refractivity contribution >= 4 is 17.5 Å². The number of amides is 1. The maximum atomic E-state index is 14.2. The van der Waals surface area contributed by atoms with Crippen molar-refractivity contribution in [2.45, 2.75) is 88.2 Å². The number of rotatable bonds is 19. The smallest absolute Gasteiger partial charge is 0.415 e. The SMILES string of the molecule is C=CCOc1ccc2c(c1)[C@H]1[C@H](CCCCO)[C@@H](CCCCO)C=C3C(=NOC4CCCCO4)C[C@H](N(C)C(=O)Oc4ccc([N+](=O)[O-])cc4)[C@@](OCC=C)(O2)[C@H]31. The molecule has 2 aliphatic carbocycles. The third kappa shape index (κ3) is 9.35. The number of nitrogens with zero attached hydrogens (tertiary/aromatic N) is 3. The Morgan fingerprint density at radius 3 is 2.46 bits per heavy atom. The summed E-state index contributed by atoms with van der Waals surface area (Å²) in [5.41, 5.74) is 2.32. The van der Waals surface area contributed by atoms with Gasteiger partial charge in [-0.3, -0.25) is 10.1 Å². The average Bonchev–Trinajstić information content (AvgIpc) is 3.22. The fourth-order valence-corrected chi connectivity index (χ4v) is 8.83. The summed E-state index contributed by atoms with van der Waals surface area (Å²) >= 11 is 0. The molecule has 0 bridgehead atoms. The van der Waals surface area contributed by atoms with Crippen molar-refractivity contribution in [1.29, 1.82) is 0 Å². The lowest BCUT2D eigenvalue weighted by Gasteiger charge is -2.59. The zero-order chi connectivity index (χ0) is 40.4. The Hall–Kier alpha value is -4.76. The fraction of sp³-hybridized carbons (Fsp3) is 0.535. The Kier molecular flexibility index (Phi) is 14.4. The molecule has 1 amide bonds. The van der Waals surface area contributed by atoms with Crippen LogP contribution in [0.4, 0.5) is 10.5 Å². The number of hydrogen-bond acceptors (Lipinski definition) is 12. The lowest BCUT2D eigenvalue weighted by atomic mass is 9.55. The number of fused-ring (bicyclic) bond motifs is 2. The van der Waals surface area contributed by atoms with Gasteiger partial charge in [0.1, 0.15) is 29.9 Å². The van der Waals surface area contributed by atoms with E-state index >= 15 is 0 Å². The van der Waals surface area contributed by atoms with E-state index in [2.05, 4.69) is 19.2 Å². The molecule has 2 aromatic rings. The van der Waals surface area contributed by atoms with Crippen LogP contribution in [0.25, 0.3) is 0 Å². The minimum atomic E-state index is -1.48. The maximum absolute atomic E-state index is 14.2. The van der Waals surface area contributed by atoms with Crippen LogP contribution >= 0.6 is 0 Å². The molecule has 2 fully saturated rings. The highest BCUT2D eigenvalue weighted by Crippen LogP contribution is 2.62. The number of oxime groups is 1. The molecule has 1 unspecified atom stereocenters. The number of carbonyl (C=O) groups is 1. The first-order chi connectivity index (χ1) is 27.7. The summed E-state index contributed by atoms with van der Waals surface area (Å²) in [4.78, 5) is 32.5. The van der Waals surface area contributed by atoms with Crippen LogP contribution < -0.4 is 14.2 Å². The van der Waals surface area contributed by atoms with Crippen molar-refractivity contribution in [3.8, 4) is 17.2 Å². The summed E-state index contributed by atoms with van der Waals surface area (Å²) in [6.07, 6.45) is 11.6. The summed E-state index contributed by atoms with van der Waals surface area (Å²) in [7, 11) is 1.62. The van der Waals surface area contributed by atoms with E-state index in [1.807, 2.05) is 18.2 Å². The van der Waals surface area contributed by atoms with Gasteiger partial charge in [0, 0.05) is 56.7 Å². The van der Waals surface area contributed by atoms with E-state index in [-0.39, 0.29) is 55.4 Å². The molecule has 2 aromatic carbocycles. The maximum Gasteiger partial charge on any atom is 0.415 e. The van der Waals surface area contributed by atoms with E-state index in [1.54, 1.807) is 19.2 Å². The molecule has 1 saturated heterocycles. The highest BCUT2D eigenvalue weighted by molar-refractivity contribution is 6.03. The third-order valence-electron chi connectivity index (χ3n) is 11.4. The van der Waals surface area contributed by atoms with Crippen molar-refractivity contribution < 1.29 is 48.5 Å². The lowest BCUT2D eigenvalue weighted by molar-refractivity contribution is -0.384. The van der Waals surface area contributed by atoms with Gasteiger partial charge in [-0.1, -0.05) is 42.8 Å². The van der Waals surface area contributed by atoms with Gasteiger partial charge in [0.25, 0.3) is 5.69 Å². The quantitative estimate of drug-likeness (QED) is 0.0627. The lowest BCUT2D eigenvalue weighted by Crippen LogP contribution is -2.69. The van der Waals surface area contributed by atoms with Crippen molar-refractivity contribution in [1.82, 2.24) is 4.90 Å². The average molecular weight is 790 g/mol. The number of nitro benzene ring substituents is 1. The molecule has 2 N–H and O–H groups in total. The Labute approximate surface area is 333 Å². The number of aliphatic hydroxyl groups excluding tert-OH is 2. The summed E-state index contributed by atoms with van der Waals surface area (Å²) in [5, 5.41) is 35.8. The molecule has 4 aliphatic rings. The Balaban J connectivity index is 1.52. The second kappa shape index (κ2) is 19.6. The number of carbonyl (C=O) groups excluding carboxylic acids is 1. The van der Waals surface area contributed by atoms with Crippen LogP contribution in [0.15, 0.2) is 84.6 Å². The Morgan fingerprint density at radius 2 is 1.77 bits per heavy atom. The molecule has 2 aliphatic heterocycles. The summed E-state index contributed by atoms with van der Waals surface area (Å²) < 4.78 is 31.8. The van der Waals surface area contributed by atoms with Gasteiger partial charge >= 0.3 is 6.09 Å². The predicted molar refractivity (Wildman–Crippen MR) is 212 cm³/mol. The minimum absolute atomic E-state index is 0.0352. The van der Waals surface area contributed by atoms with Gasteiger partial charge < -0.3 is 43.6 Å². The van der Waals surface area contributed by atoms with Gasteiger partial charge in [0.05, 0.1) is 29.8 Å². The number of hydrogen-bond donors (Lipinski definition) is 2. The van der Waals surface area contributed by atoms with Gasteiger partial charge in [-0.25, -0.2) is 4.79 Å². The standard InChI is InChI=1S/C43H55N3O11/c1-4-23-52-32-19-20-37-35(27-32)40-33(13-7-10-22-48)29(12-6-9-21-47)26-34-36(44-57-39-14-8-11-25-53-39)28-38(43(56-37,41(34)40)54-24-5-2)45(3)42(49)55-31-17-15-30(16-18-31)46(50)51/h4-5,15-20,26-27,29,33,38-41,47-48H,1-2,6-14,21-25,28H2,3H3/t29-,33+,38-,39?,40+,41+,43+/m0/s1. The number of ether oxygens (including phenoxy) is 5. The van der Waals surface area contributed by atoms with Crippen LogP contribution in [-0.4, -0.2) is 90.0 Å². The topological polar surface area (TPSA) is 172 Å². The molecule has 0 radical (unpaired) electrons. The number of aliphatic hydroxyl groups is 2. The predicted octanol–water partition coefficient (Wildman–Crippen LogP) is 7.45. The number of non-ortho nitro benzene ring substituents is 1. The molecule has 6 rings (SSSR count). The molecule has 1 saturated carbocycles. The first-order valence-corrected chi connectivity index (χ1v) is 20.0. The van der Waals surface area contributed by atoms with E-state index in [4.69, 9.17) is 33.7 Å². The minimum Gasteiger partial charge on any atom is -0.490 e. The Bertz CT molecular complexity index is 1780. The summed E-state index contributed by atoms with van der Waals surface area (Å²) in [6, 6.07) is 10.2. The van der Waals surface area contributed by atoms with Gasteiger partial charge in [0.2, 0.25) is 12.1 Å². The molecule has 308 valence electrons. The summed E-state index contributed by atoms with van der Waals surface area (Å²) in [5.74, 6) is -0.760. The van der Waals surface area contributed by atoms with Crippen LogP contribution in [0.2, 0.25) is 0 Å². The van der Waals surface area contributed by atoms with Crippen LogP contribution in [0.3, 0.4) is 0 Å².